The number of imidazole rings is 1. The van der Waals surface area contributed by atoms with Crippen LogP contribution in [0.3, 0.4) is 0 Å². The van der Waals surface area contributed by atoms with Crippen LogP contribution in [-0.2, 0) is 17.9 Å². The molecule has 0 aliphatic carbocycles. The number of amides is 1. The fourth-order valence-corrected chi connectivity index (χ4v) is 3.36. The lowest BCUT2D eigenvalue weighted by Crippen LogP contribution is -2.24. The maximum atomic E-state index is 11.8. The van der Waals surface area contributed by atoms with E-state index in [1.807, 2.05) is 57.2 Å². The summed E-state index contributed by atoms with van der Waals surface area (Å²) in [7, 11) is 0. The predicted molar refractivity (Wildman–Crippen MR) is 113 cm³/mol. The molecule has 1 heterocycles. The molecule has 0 aliphatic heterocycles. The van der Waals surface area contributed by atoms with Crippen molar-refractivity contribution in [1.29, 1.82) is 0 Å². The van der Waals surface area contributed by atoms with E-state index < -0.39 is 0 Å². The highest BCUT2D eigenvalue weighted by Gasteiger charge is 2.12. The summed E-state index contributed by atoms with van der Waals surface area (Å²) in [5, 5.41) is 3.73. The summed E-state index contributed by atoms with van der Waals surface area (Å²) in [4.78, 5) is 16.5. The van der Waals surface area contributed by atoms with Gasteiger partial charge in [0.2, 0.25) is 5.91 Å². The van der Waals surface area contributed by atoms with Crippen LogP contribution in [0.15, 0.2) is 36.4 Å². The molecule has 2 aromatic carbocycles. The molecule has 0 unspecified atom stereocenters. The number of benzene rings is 2. The minimum absolute atomic E-state index is 0.0458. The minimum Gasteiger partial charge on any atom is -0.492 e. The zero-order valence-electron chi connectivity index (χ0n) is 16.6. The third kappa shape index (κ3) is 4.65. The van der Waals surface area contributed by atoms with Gasteiger partial charge in [-0.15, -0.1) is 0 Å². The molecule has 148 valence electrons. The number of aromatic nitrogens is 2. The predicted octanol–water partition coefficient (Wildman–Crippen LogP) is 4.80. The first-order chi connectivity index (χ1) is 13.5. The zero-order valence-corrected chi connectivity index (χ0v) is 17.3. The van der Waals surface area contributed by atoms with Crippen LogP contribution < -0.4 is 10.1 Å². The number of carbonyl (C=O) groups is 1. The molecule has 0 saturated carbocycles. The smallest absolute Gasteiger partial charge is 0.220 e. The first-order valence-electron chi connectivity index (χ1n) is 9.60. The molecule has 0 radical (unpaired) electrons. The van der Waals surface area contributed by atoms with Gasteiger partial charge in [-0.3, -0.25) is 4.79 Å². The van der Waals surface area contributed by atoms with Gasteiger partial charge in [-0.2, -0.15) is 0 Å². The molecular formula is C22H26ClN3O2. The summed E-state index contributed by atoms with van der Waals surface area (Å²) < 4.78 is 8.08. The van der Waals surface area contributed by atoms with Gasteiger partial charge in [-0.05, 0) is 55.7 Å². The number of hydrogen-bond donors (Lipinski definition) is 1. The Morgan fingerprint density at radius 2 is 1.93 bits per heavy atom. The number of ether oxygens (including phenoxy) is 1. The van der Waals surface area contributed by atoms with E-state index in [-0.39, 0.29) is 5.91 Å². The van der Waals surface area contributed by atoms with Crippen LogP contribution in [0.4, 0.5) is 0 Å². The number of nitrogens with zero attached hydrogens (tertiary/aromatic N) is 2. The maximum absolute atomic E-state index is 11.8. The van der Waals surface area contributed by atoms with E-state index in [1.165, 1.54) is 0 Å². The van der Waals surface area contributed by atoms with Crippen molar-refractivity contribution in [3.05, 3.63) is 58.4 Å². The van der Waals surface area contributed by atoms with Gasteiger partial charge in [-0.25, -0.2) is 4.98 Å². The molecule has 5 nitrogen and oxygen atoms in total. The lowest BCUT2D eigenvalue weighted by molar-refractivity contribution is -0.121. The molecule has 0 spiro atoms. The summed E-state index contributed by atoms with van der Waals surface area (Å²) in [5.74, 6) is 1.68. The Labute approximate surface area is 170 Å². The maximum Gasteiger partial charge on any atom is 0.220 e. The fourth-order valence-electron chi connectivity index (χ4n) is 3.25. The lowest BCUT2D eigenvalue weighted by Gasteiger charge is -2.13. The summed E-state index contributed by atoms with van der Waals surface area (Å²) in [6, 6.07) is 11.9. The monoisotopic (exact) mass is 399 g/mol. The van der Waals surface area contributed by atoms with E-state index >= 15 is 0 Å². The van der Waals surface area contributed by atoms with Crippen molar-refractivity contribution in [3.8, 4) is 5.75 Å². The minimum atomic E-state index is 0.0458. The SMILES string of the molecule is CCCC(=O)NCc1nc2ccccc2n1CCOc1cc(C)c(Cl)c(C)c1. The van der Waals surface area contributed by atoms with Crippen LogP contribution in [0.5, 0.6) is 5.75 Å². The van der Waals surface area contributed by atoms with E-state index in [0.29, 0.717) is 26.1 Å². The molecule has 0 bridgehead atoms. The quantitative estimate of drug-likeness (QED) is 0.591. The molecule has 3 rings (SSSR count). The largest absolute Gasteiger partial charge is 0.492 e. The van der Waals surface area contributed by atoms with Crippen LogP contribution in [-0.4, -0.2) is 22.1 Å². The van der Waals surface area contributed by atoms with E-state index in [9.17, 15) is 4.79 Å². The summed E-state index contributed by atoms with van der Waals surface area (Å²) >= 11 is 6.23. The summed E-state index contributed by atoms with van der Waals surface area (Å²) in [5.41, 5.74) is 3.96. The number of nitrogens with one attached hydrogen (secondary N) is 1. The Morgan fingerprint density at radius 3 is 2.64 bits per heavy atom. The van der Waals surface area contributed by atoms with Gasteiger partial charge in [0.15, 0.2) is 0 Å². The van der Waals surface area contributed by atoms with Crippen molar-refractivity contribution in [1.82, 2.24) is 14.9 Å². The molecule has 0 fully saturated rings. The van der Waals surface area contributed by atoms with Crippen molar-refractivity contribution >= 4 is 28.5 Å². The van der Waals surface area contributed by atoms with Gasteiger partial charge < -0.3 is 14.6 Å². The van der Waals surface area contributed by atoms with E-state index in [1.54, 1.807) is 0 Å². The Kier molecular flexibility index (Phi) is 6.57. The van der Waals surface area contributed by atoms with Gasteiger partial charge in [0.1, 0.15) is 18.2 Å². The molecule has 1 aromatic heterocycles. The number of hydrogen-bond acceptors (Lipinski definition) is 3. The Morgan fingerprint density at radius 1 is 1.21 bits per heavy atom. The van der Waals surface area contributed by atoms with Crippen LogP contribution in [0.2, 0.25) is 5.02 Å². The molecule has 6 heteroatoms. The van der Waals surface area contributed by atoms with Gasteiger partial charge >= 0.3 is 0 Å². The Balaban J connectivity index is 1.74. The van der Waals surface area contributed by atoms with Gasteiger partial charge in [-0.1, -0.05) is 30.7 Å². The topological polar surface area (TPSA) is 56.2 Å². The normalized spacial score (nSPS) is 11.0. The standard InChI is InChI=1S/C22H26ClN3O2/c1-4-7-21(27)24-14-20-25-18-8-5-6-9-19(18)26(20)10-11-28-17-12-15(2)22(23)16(3)13-17/h5-6,8-9,12-13H,4,7,10-11,14H2,1-3H3,(H,24,27). The molecule has 0 saturated heterocycles. The number of rotatable bonds is 8. The number of carbonyl (C=O) groups excluding carboxylic acids is 1. The molecular weight excluding hydrogens is 374 g/mol. The highest BCUT2D eigenvalue weighted by atomic mass is 35.5. The number of aryl methyl sites for hydroxylation is 2. The number of halogens is 1. The van der Waals surface area contributed by atoms with Gasteiger partial charge in [0, 0.05) is 11.4 Å². The number of fused-ring (bicyclic) bond motifs is 1. The van der Waals surface area contributed by atoms with E-state index in [2.05, 4.69) is 14.9 Å². The highest BCUT2D eigenvalue weighted by molar-refractivity contribution is 6.32. The molecule has 1 amide bonds. The fraction of sp³-hybridized carbons (Fsp3) is 0.364. The van der Waals surface area contributed by atoms with Crippen molar-refractivity contribution in [2.45, 2.75) is 46.7 Å². The van der Waals surface area contributed by atoms with Crippen LogP contribution in [0.25, 0.3) is 11.0 Å². The van der Waals surface area contributed by atoms with Gasteiger partial charge in [0.05, 0.1) is 24.1 Å². The molecule has 28 heavy (non-hydrogen) atoms. The Hall–Kier alpha value is -2.53. The summed E-state index contributed by atoms with van der Waals surface area (Å²) in [6.45, 7) is 7.49. The molecule has 1 N–H and O–H groups in total. The highest BCUT2D eigenvalue weighted by Crippen LogP contribution is 2.26. The van der Waals surface area contributed by atoms with E-state index in [0.717, 1.165) is 45.2 Å². The van der Waals surface area contributed by atoms with Crippen molar-refractivity contribution < 1.29 is 9.53 Å². The third-order valence-electron chi connectivity index (χ3n) is 4.65. The molecule has 0 aliphatic rings. The first kappa shape index (κ1) is 20.2. The second-order valence-electron chi connectivity index (χ2n) is 6.91. The average Bonchev–Trinajstić information content (AvgIpc) is 3.02. The lowest BCUT2D eigenvalue weighted by atomic mass is 10.1. The zero-order chi connectivity index (χ0) is 20.1. The Bertz CT molecular complexity index is 958. The second-order valence-corrected chi connectivity index (χ2v) is 7.29. The van der Waals surface area contributed by atoms with Crippen molar-refractivity contribution in [2.24, 2.45) is 0 Å². The van der Waals surface area contributed by atoms with Crippen molar-refractivity contribution in [2.75, 3.05) is 6.61 Å². The van der Waals surface area contributed by atoms with Crippen LogP contribution in [0.1, 0.15) is 36.7 Å². The van der Waals surface area contributed by atoms with E-state index in [4.69, 9.17) is 16.3 Å². The first-order valence-corrected chi connectivity index (χ1v) is 9.97. The van der Waals surface area contributed by atoms with Crippen LogP contribution in [0, 0.1) is 13.8 Å². The second kappa shape index (κ2) is 9.11. The number of para-hydroxylation sites is 2. The van der Waals surface area contributed by atoms with Crippen molar-refractivity contribution in [3.63, 3.8) is 0 Å². The van der Waals surface area contributed by atoms with Gasteiger partial charge in [0.25, 0.3) is 0 Å². The molecule has 0 atom stereocenters. The third-order valence-corrected chi connectivity index (χ3v) is 5.24. The summed E-state index contributed by atoms with van der Waals surface area (Å²) in [6.07, 6.45) is 1.36. The van der Waals surface area contributed by atoms with Crippen LogP contribution >= 0.6 is 11.6 Å². The average molecular weight is 400 g/mol. The molecule has 3 aromatic rings.